The summed E-state index contributed by atoms with van der Waals surface area (Å²) < 4.78 is 10.9. The van der Waals surface area contributed by atoms with Crippen LogP contribution in [0, 0.1) is 5.92 Å². The zero-order valence-corrected chi connectivity index (χ0v) is 19.9. The molecule has 2 amide bonds. The molecule has 8 heteroatoms. The van der Waals surface area contributed by atoms with Crippen LogP contribution in [0.3, 0.4) is 0 Å². The van der Waals surface area contributed by atoms with Gasteiger partial charge in [-0.15, -0.1) is 0 Å². The Bertz CT molecular complexity index is 777. The van der Waals surface area contributed by atoms with E-state index in [9.17, 15) is 9.59 Å². The summed E-state index contributed by atoms with van der Waals surface area (Å²) in [6.07, 6.45) is 2.36. The second kappa shape index (κ2) is 11.5. The largest absolute Gasteiger partial charge is 0.493 e. The van der Waals surface area contributed by atoms with Crippen molar-refractivity contribution >= 4 is 11.8 Å². The predicted molar refractivity (Wildman–Crippen MR) is 124 cm³/mol. The Labute approximate surface area is 191 Å². The molecule has 2 heterocycles. The molecular formula is C24H38N4O4. The lowest BCUT2D eigenvalue weighted by Crippen LogP contribution is -2.56. The molecule has 1 aromatic carbocycles. The Morgan fingerprint density at radius 1 is 1.19 bits per heavy atom. The third kappa shape index (κ3) is 6.13. The fraction of sp³-hybridized carbons (Fsp3) is 0.667. The summed E-state index contributed by atoms with van der Waals surface area (Å²) in [6.45, 7) is 9.06. The van der Waals surface area contributed by atoms with Gasteiger partial charge in [-0.25, -0.2) is 0 Å². The fourth-order valence-electron chi connectivity index (χ4n) is 4.65. The van der Waals surface area contributed by atoms with Gasteiger partial charge in [0.25, 0.3) is 0 Å². The minimum atomic E-state index is -0.498. The molecule has 0 aliphatic carbocycles. The van der Waals surface area contributed by atoms with Gasteiger partial charge >= 0.3 is 0 Å². The maximum Gasteiger partial charge on any atom is 0.237 e. The number of benzene rings is 1. The average Bonchev–Trinajstić information content (AvgIpc) is 2.80. The molecule has 0 spiro atoms. The van der Waals surface area contributed by atoms with Crippen molar-refractivity contribution in [3.63, 3.8) is 0 Å². The van der Waals surface area contributed by atoms with Crippen LogP contribution in [0.25, 0.3) is 0 Å². The van der Waals surface area contributed by atoms with Gasteiger partial charge in [0, 0.05) is 37.8 Å². The maximum absolute atomic E-state index is 12.7. The molecule has 2 aliphatic rings. The van der Waals surface area contributed by atoms with Crippen molar-refractivity contribution in [3.05, 3.63) is 23.8 Å². The van der Waals surface area contributed by atoms with E-state index in [0.717, 1.165) is 31.5 Å². The van der Waals surface area contributed by atoms with Crippen LogP contribution in [0.1, 0.15) is 38.7 Å². The second-order valence-corrected chi connectivity index (χ2v) is 9.01. The Kier molecular flexibility index (Phi) is 8.75. The standard InChI is InChI=1S/C24H38N4O4/c1-17(2)27-11-8-18(9-12-27)15-26-22(29)14-20-24(30)25-10-13-28(20)16-19-6-5-7-21(31-3)23(19)32-4/h5-7,17-18,20H,8-16H2,1-4H3,(H,25,30)(H,26,29). The Morgan fingerprint density at radius 3 is 2.59 bits per heavy atom. The number of piperidine rings is 1. The summed E-state index contributed by atoms with van der Waals surface area (Å²) in [4.78, 5) is 29.9. The minimum Gasteiger partial charge on any atom is -0.493 e. The highest BCUT2D eigenvalue weighted by molar-refractivity contribution is 5.88. The van der Waals surface area contributed by atoms with Crippen LogP contribution >= 0.6 is 0 Å². The van der Waals surface area contributed by atoms with Crippen LogP contribution < -0.4 is 20.1 Å². The summed E-state index contributed by atoms with van der Waals surface area (Å²) >= 11 is 0. The monoisotopic (exact) mass is 446 g/mol. The number of para-hydroxylation sites is 1. The second-order valence-electron chi connectivity index (χ2n) is 9.01. The number of carbonyl (C=O) groups is 2. The lowest BCUT2D eigenvalue weighted by Gasteiger charge is -2.36. The van der Waals surface area contributed by atoms with E-state index in [4.69, 9.17) is 9.47 Å². The molecular weight excluding hydrogens is 408 g/mol. The van der Waals surface area contributed by atoms with Gasteiger partial charge in [0.15, 0.2) is 11.5 Å². The summed E-state index contributed by atoms with van der Waals surface area (Å²) in [7, 11) is 3.22. The van der Waals surface area contributed by atoms with E-state index in [1.165, 1.54) is 0 Å². The molecule has 0 radical (unpaired) electrons. The molecule has 1 atom stereocenters. The molecule has 2 fully saturated rings. The molecule has 0 aromatic heterocycles. The first-order valence-electron chi connectivity index (χ1n) is 11.6. The molecule has 178 valence electrons. The number of methoxy groups -OCH3 is 2. The number of carbonyl (C=O) groups excluding carboxylic acids is 2. The van der Waals surface area contributed by atoms with Crippen molar-refractivity contribution in [1.82, 2.24) is 20.4 Å². The van der Waals surface area contributed by atoms with E-state index < -0.39 is 6.04 Å². The lowest BCUT2D eigenvalue weighted by atomic mass is 9.96. The molecule has 0 saturated carbocycles. The third-order valence-electron chi connectivity index (χ3n) is 6.65. The molecule has 1 unspecified atom stereocenters. The van der Waals surface area contributed by atoms with Crippen molar-refractivity contribution in [2.75, 3.05) is 46.9 Å². The van der Waals surface area contributed by atoms with Gasteiger partial charge in [0.05, 0.1) is 26.7 Å². The quantitative estimate of drug-likeness (QED) is 0.600. The highest BCUT2D eigenvalue weighted by Crippen LogP contribution is 2.32. The molecule has 0 bridgehead atoms. The maximum atomic E-state index is 12.7. The molecule has 1 aromatic rings. The van der Waals surface area contributed by atoms with Gasteiger partial charge < -0.3 is 25.0 Å². The summed E-state index contributed by atoms with van der Waals surface area (Å²) in [5.41, 5.74) is 0.934. The van der Waals surface area contributed by atoms with E-state index in [0.29, 0.717) is 49.6 Å². The highest BCUT2D eigenvalue weighted by Gasteiger charge is 2.32. The van der Waals surface area contributed by atoms with Crippen molar-refractivity contribution in [2.45, 2.75) is 51.7 Å². The van der Waals surface area contributed by atoms with Gasteiger partial charge in [-0.3, -0.25) is 14.5 Å². The normalized spacial score (nSPS) is 20.8. The number of rotatable bonds is 9. The molecule has 2 N–H and O–H groups in total. The average molecular weight is 447 g/mol. The zero-order chi connectivity index (χ0) is 23.1. The van der Waals surface area contributed by atoms with Crippen molar-refractivity contribution < 1.29 is 19.1 Å². The van der Waals surface area contributed by atoms with Crippen LogP contribution in [0.15, 0.2) is 18.2 Å². The number of likely N-dealkylation sites (tertiary alicyclic amines) is 1. The first kappa shape index (κ1) is 24.3. The zero-order valence-electron chi connectivity index (χ0n) is 19.9. The molecule has 2 saturated heterocycles. The van der Waals surface area contributed by atoms with Crippen molar-refractivity contribution in [2.24, 2.45) is 5.92 Å². The minimum absolute atomic E-state index is 0.0686. The van der Waals surface area contributed by atoms with Gasteiger partial charge in [-0.1, -0.05) is 12.1 Å². The first-order chi connectivity index (χ1) is 15.4. The highest BCUT2D eigenvalue weighted by atomic mass is 16.5. The van der Waals surface area contributed by atoms with E-state index >= 15 is 0 Å². The number of amides is 2. The van der Waals surface area contributed by atoms with E-state index in [1.54, 1.807) is 14.2 Å². The first-order valence-corrected chi connectivity index (χ1v) is 11.6. The fourth-order valence-corrected chi connectivity index (χ4v) is 4.65. The SMILES string of the molecule is COc1cccc(CN2CCNC(=O)C2CC(=O)NCC2CCN(C(C)C)CC2)c1OC. The molecule has 8 nitrogen and oxygen atoms in total. The van der Waals surface area contributed by atoms with Crippen LogP contribution in [0.2, 0.25) is 0 Å². The number of hydrogen-bond acceptors (Lipinski definition) is 6. The van der Waals surface area contributed by atoms with Crippen molar-refractivity contribution in [3.8, 4) is 11.5 Å². The van der Waals surface area contributed by atoms with Gasteiger partial charge in [0.1, 0.15) is 0 Å². The van der Waals surface area contributed by atoms with Gasteiger partial charge in [-0.2, -0.15) is 0 Å². The van der Waals surface area contributed by atoms with Crippen molar-refractivity contribution in [1.29, 1.82) is 0 Å². The molecule has 32 heavy (non-hydrogen) atoms. The van der Waals surface area contributed by atoms with Crippen LogP contribution in [0.4, 0.5) is 0 Å². The summed E-state index contributed by atoms with van der Waals surface area (Å²) in [6, 6.07) is 5.80. The number of nitrogens with one attached hydrogen (secondary N) is 2. The predicted octanol–water partition coefficient (Wildman–Crippen LogP) is 1.63. The summed E-state index contributed by atoms with van der Waals surface area (Å²) in [5.74, 6) is 1.66. The number of piperazine rings is 1. The molecule has 3 rings (SSSR count). The van der Waals surface area contributed by atoms with E-state index in [-0.39, 0.29) is 18.2 Å². The Morgan fingerprint density at radius 2 is 1.94 bits per heavy atom. The number of hydrogen-bond donors (Lipinski definition) is 2. The van der Waals surface area contributed by atoms with Gasteiger partial charge in [-0.05, 0) is 51.8 Å². The number of ether oxygens (including phenoxy) is 2. The lowest BCUT2D eigenvalue weighted by molar-refractivity contribution is -0.134. The summed E-state index contributed by atoms with van der Waals surface area (Å²) in [5, 5.41) is 5.98. The van der Waals surface area contributed by atoms with Crippen LogP contribution in [0.5, 0.6) is 11.5 Å². The Hall–Kier alpha value is -2.32. The van der Waals surface area contributed by atoms with E-state index in [1.807, 2.05) is 18.2 Å². The van der Waals surface area contributed by atoms with Crippen LogP contribution in [-0.4, -0.2) is 80.6 Å². The Balaban J connectivity index is 1.57. The molecule has 2 aliphatic heterocycles. The van der Waals surface area contributed by atoms with Gasteiger partial charge in [0.2, 0.25) is 11.8 Å². The third-order valence-corrected chi connectivity index (χ3v) is 6.65. The number of nitrogens with zero attached hydrogens (tertiary/aromatic N) is 2. The smallest absolute Gasteiger partial charge is 0.237 e. The van der Waals surface area contributed by atoms with E-state index in [2.05, 4.69) is 34.3 Å². The topological polar surface area (TPSA) is 83.1 Å². The van der Waals surface area contributed by atoms with Crippen LogP contribution in [-0.2, 0) is 16.1 Å².